The van der Waals surface area contributed by atoms with E-state index < -0.39 is 10.0 Å². The largest absolute Gasteiger partial charge is 0.336 e. The lowest BCUT2D eigenvalue weighted by Gasteiger charge is -2.34. The number of nitrogens with zero attached hydrogens (tertiary/aromatic N) is 4. The molecule has 0 aliphatic carbocycles. The lowest BCUT2D eigenvalue weighted by molar-refractivity contribution is 0.0696. The van der Waals surface area contributed by atoms with Gasteiger partial charge in [-0.15, -0.1) is 0 Å². The predicted molar refractivity (Wildman–Crippen MR) is 103 cm³/mol. The summed E-state index contributed by atoms with van der Waals surface area (Å²) >= 11 is 0. The van der Waals surface area contributed by atoms with Gasteiger partial charge in [-0.2, -0.15) is 9.40 Å². The fourth-order valence-corrected chi connectivity index (χ4v) is 5.23. The van der Waals surface area contributed by atoms with Crippen LogP contribution in [0.2, 0.25) is 0 Å². The van der Waals surface area contributed by atoms with Gasteiger partial charge in [0.15, 0.2) is 0 Å². The number of aryl methyl sites for hydroxylation is 4. The second kappa shape index (κ2) is 7.09. The Labute approximate surface area is 160 Å². The summed E-state index contributed by atoms with van der Waals surface area (Å²) in [6.45, 7) is 8.70. The van der Waals surface area contributed by atoms with Crippen LogP contribution in [0.15, 0.2) is 23.1 Å². The van der Waals surface area contributed by atoms with Gasteiger partial charge in [-0.25, -0.2) is 8.42 Å². The summed E-state index contributed by atoms with van der Waals surface area (Å²) in [5.41, 5.74) is 3.79. The van der Waals surface area contributed by atoms with Crippen molar-refractivity contribution < 1.29 is 13.2 Å². The van der Waals surface area contributed by atoms with Gasteiger partial charge >= 0.3 is 0 Å². The van der Waals surface area contributed by atoms with Gasteiger partial charge in [0, 0.05) is 38.9 Å². The highest BCUT2D eigenvalue weighted by molar-refractivity contribution is 7.89. The second-order valence-electron chi connectivity index (χ2n) is 7.13. The molecule has 1 fully saturated rings. The van der Waals surface area contributed by atoms with E-state index in [1.807, 2.05) is 40.0 Å². The lowest BCUT2D eigenvalue weighted by Crippen LogP contribution is -2.50. The Hall–Kier alpha value is -2.19. The molecule has 1 aliphatic rings. The SMILES string of the molecule is Cc1ccc(C)c(S(=O)(=O)N2CCN(C(=O)c3c(C)nn(C)c3C)CC2)c1. The summed E-state index contributed by atoms with van der Waals surface area (Å²) in [6, 6.07) is 5.45. The van der Waals surface area contributed by atoms with E-state index in [4.69, 9.17) is 0 Å². The minimum absolute atomic E-state index is 0.0816. The number of aromatic nitrogens is 2. The summed E-state index contributed by atoms with van der Waals surface area (Å²) in [4.78, 5) is 14.9. The third-order valence-electron chi connectivity index (χ3n) is 5.21. The number of benzene rings is 1. The first-order valence-corrected chi connectivity index (χ1v) is 10.4. The number of amides is 1. The van der Waals surface area contributed by atoms with Crippen LogP contribution in [0.3, 0.4) is 0 Å². The number of piperazine rings is 1. The molecule has 7 nitrogen and oxygen atoms in total. The molecule has 0 bridgehead atoms. The molecule has 1 saturated heterocycles. The highest BCUT2D eigenvalue weighted by Gasteiger charge is 2.32. The van der Waals surface area contributed by atoms with Crippen LogP contribution in [-0.4, -0.2) is 59.5 Å². The Balaban J connectivity index is 1.77. The fourth-order valence-electron chi connectivity index (χ4n) is 3.50. The minimum atomic E-state index is -3.56. The number of sulfonamides is 1. The maximum Gasteiger partial charge on any atom is 0.257 e. The standard InChI is InChI=1S/C19H26N4O3S/c1-13-6-7-14(2)17(12-13)27(25,26)23-10-8-22(9-11-23)19(24)18-15(3)20-21(5)16(18)4/h6-7,12H,8-11H2,1-5H3. The van der Waals surface area contributed by atoms with Crippen molar-refractivity contribution in [2.45, 2.75) is 32.6 Å². The number of hydrogen-bond acceptors (Lipinski definition) is 4. The highest BCUT2D eigenvalue weighted by Crippen LogP contribution is 2.23. The molecular formula is C19H26N4O3S. The van der Waals surface area contributed by atoms with Crippen molar-refractivity contribution in [2.24, 2.45) is 7.05 Å². The monoisotopic (exact) mass is 390 g/mol. The minimum Gasteiger partial charge on any atom is -0.336 e. The average molecular weight is 391 g/mol. The van der Waals surface area contributed by atoms with E-state index in [0.717, 1.165) is 16.8 Å². The molecule has 1 amide bonds. The van der Waals surface area contributed by atoms with E-state index in [-0.39, 0.29) is 5.91 Å². The third-order valence-corrected chi connectivity index (χ3v) is 7.25. The maximum absolute atomic E-state index is 13.0. The molecule has 146 valence electrons. The van der Waals surface area contributed by atoms with Gasteiger partial charge in [0.05, 0.1) is 16.2 Å². The van der Waals surface area contributed by atoms with Crippen LogP contribution in [0, 0.1) is 27.7 Å². The average Bonchev–Trinajstić information content (AvgIpc) is 2.88. The van der Waals surface area contributed by atoms with Gasteiger partial charge in [-0.1, -0.05) is 12.1 Å². The Morgan fingerprint density at radius 1 is 1.04 bits per heavy atom. The summed E-state index contributed by atoms with van der Waals surface area (Å²) < 4.78 is 29.2. The van der Waals surface area contributed by atoms with Crippen LogP contribution in [0.1, 0.15) is 32.9 Å². The van der Waals surface area contributed by atoms with Gasteiger partial charge in [0.1, 0.15) is 0 Å². The van der Waals surface area contributed by atoms with Gasteiger partial charge in [0.25, 0.3) is 5.91 Å². The van der Waals surface area contributed by atoms with Crippen molar-refractivity contribution in [3.8, 4) is 0 Å². The van der Waals surface area contributed by atoms with Crippen molar-refractivity contribution >= 4 is 15.9 Å². The third kappa shape index (κ3) is 3.51. The van der Waals surface area contributed by atoms with Crippen LogP contribution in [0.4, 0.5) is 0 Å². The smallest absolute Gasteiger partial charge is 0.257 e. The molecule has 0 radical (unpaired) electrons. The molecular weight excluding hydrogens is 364 g/mol. The van der Waals surface area contributed by atoms with E-state index in [1.165, 1.54) is 4.31 Å². The van der Waals surface area contributed by atoms with Crippen LogP contribution < -0.4 is 0 Å². The maximum atomic E-state index is 13.0. The first kappa shape index (κ1) is 19.6. The van der Waals surface area contributed by atoms with Crippen molar-refractivity contribution in [1.82, 2.24) is 19.0 Å². The van der Waals surface area contributed by atoms with Crippen molar-refractivity contribution in [3.63, 3.8) is 0 Å². The van der Waals surface area contributed by atoms with Crippen LogP contribution in [0.25, 0.3) is 0 Å². The van der Waals surface area contributed by atoms with Gasteiger partial charge in [-0.05, 0) is 44.9 Å². The lowest BCUT2D eigenvalue weighted by atomic mass is 10.1. The zero-order chi connectivity index (χ0) is 19.9. The van der Waals surface area contributed by atoms with Crippen LogP contribution in [-0.2, 0) is 17.1 Å². The summed E-state index contributed by atoms with van der Waals surface area (Å²) in [6.07, 6.45) is 0. The first-order valence-electron chi connectivity index (χ1n) is 9.00. The molecule has 1 aliphatic heterocycles. The zero-order valence-corrected chi connectivity index (χ0v) is 17.3. The molecule has 0 N–H and O–H groups in total. The Kier molecular flexibility index (Phi) is 5.14. The molecule has 27 heavy (non-hydrogen) atoms. The molecule has 8 heteroatoms. The molecule has 0 atom stereocenters. The number of hydrogen-bond donors (Lipinski definition) is 0. The van der Waals surface area contributed by atoms with Crippen LogP contribution >= 0.6 is 0 Å². The Bertz CT molecular complexity index is 987. The molecule has 0 spiro atoms. The van der Waals surface area contributed by atoms with Crippen molar-refractivity contribution in [3.05, 3.63) is 46.3 Å². The molecule has 1 aromatic heterocycles. The molecule has 2 aromatic rings. The van der Waals surface area contributed by atoms with Gasteiger partial charge in [0.2, 0.25) is 10.0 Å². The van der Waals surface area contributed by atoms with E-state index in [9.17, 15) is 13.2 Å². The Morgan fingerprint density at radius 2 is 1.67 bits per heavy atom. The van der Waals surface area contributed by atoms with Gasteiger partial charge < -0.3 is 4.90 Å². The van der Waals surface area contributed by atoms with E-state index in [0.29, 0.717) is 42.3 Å². The zero-order valence-electron chi connectivity index (χ0n) is 16.5. The molecule has 0 unspecified atom stereocenters. The summed E-state index contributed by atoms with van der Waals surface area (Å²) in [5, 5.41) is 4.30. The molecule has 3 rings (SSSR count). The molecule has 0 saturated carbocycles. The van der Waals surface area contributed by atoms with Crippen LogP contribution in [0.5, 0.6) is 0 Å². The predicted octanol–water partition coefficient (Wildman–Crippen LogP) is 1.80. The number of carbonyl (C=O) groups is 1. The molecule has 1 aromatic carbocycles. The summed E-state index contributed by atoms with van der Waals surface area (Å²) in [5.74, 6) is -0.0816. The number of rotatable bonds is 3. The normalized spacial score (nSPS) is 16.0. The second-order valence-corrected chi connectivity index (χ2v) is 9.04. The van der Waals surface area contributed by atoms with Crippen molar-refractivity contribution in [1.29, 1.82) is 0 Å². The Morgan fingerprint density at radius 3 is 2.22 bits per heavy atom. The van der Waals surface area contributed by atoms with E-state index in [1.54, 1.807) is 22.6 Å². The summed E-state index contributed by atoms with van der Waals surface area (Å²) in [7, 11) is -1.75. The first-order chi connectivity index (χ1) is 12.6. The molecule has 2 heterocycles. The van der Waals surface area contributed by atoms with Gasteiger partial charge in [-0.3, -0.25) is 9.48 Å². The van der Waals surface area contributed by atoms with E-state index >= 15 is 0 Å². The highest BCUT2D eigenvalue weighted by atomic mass is 32.2. The van der Waals surface area contributed by atoms with Crippen molar-refractivity contribution in [2.75, 3.05) is 26.2 Å². The topological polar surface area (TPSA) is 75.5 Å². The fraction of sp³-hybridized carbons (Fsp3) is 0.474. The van der Waals surface area contributed by atoms with E-state index in [2.05, 4.69) is 5.10 Å². The quantitative estimate of drug-likeness (QED) is 0.801. The number of carbonyl (C=O) groups excluding carboxylic acids is 1.